The van der Waals surface area contributed by atoms with Gasteiger partial charge in [-0.1, -0.05) is 109 Å². The van der Waals surface area contributed by atoms with Crippen LogP contribution in [0.15, 0.2) is 158 Å². The number of para-hydroxylation sites is 4. The molecule has 7 aromatic carbocycles. The number of fused-ring (bicyclic) bond motifs is 9. The van der Waals surface area contributed by atoms with Gasteiger partial charge in [-0.15, -0.1) is 0 Å². The first-order chi connectivity index (χ1) is 22.8. The Hall–Kier alpha value is -6.26. The van der Waals surface area contributed by atoms with Crippen molar-refractivity contribution in [2.75, 3.05) is 0 Å². The second kappa shape index (κ2) is 9.62. The van der Waals surface area contributed by atoms with Crippen LogP contribution in [0, 0.1) is 0 Å². The van der Waals surface area contributed by atoms with Crippen molar-refractivity contribution < 1.29 is 0 Å². The summed E-state index contributed by atoms with van der Waals surface area (Å²) >= 11 is 0. The van der Waals surface area contributed by atoms with E-state index in [0.717, 1.165) is 27.6 Å². The third kappa shape index (κ3) is 3.55. The van der Waals surface area contributed by atoms with Crippen molar-refractivity contribution >= 4 is 65.3 Å². The van der Waals surface area contributed by atoms with Crippen LogP contribution in [0.3, 0.4) is 0 Å². The third-order valence-electron chi connectivity index (χ3n) is 9.35. The van der Waals surface area contributed by atoms with E-state index in [4.69, 9.17) is 9.97 Å². The van der Waals surface area contributed by atoms with E-state index in [1.807, 2.05) is 18.3 Å². The monoisotopic (exact) mass is 586 g/mol. The standard InChI is InChI=1S/C42H26N4/c1-2-13-29(14-3-1)45-37-20-10-7-16-31(37)32-23-22-27(24-39(32)45)35-25-40-41(33-17-6-5-15-30(33)35)34-18-8-11-21-38(34)46(40)42-43-26-28-12-4-9-19-36(28)44-42/h1-26H. The summed E-state index contributed by atoms with van der Waals surface area (Å²) in [6.07, 6.45) is 1.93. The Morgan fingerprint density at radius 2 is 1.09 bits per heavy atom. The highest BCUT2D eigenvalue weighted by Crippen LogP contribution is 2.42. The largest absolute Gasteiger partial charge is 0.309 e. The highest BCUT2D eigenvalue weighted by Gasteiger charge is 2.20. The fourth-order valence-electron chi connectivity index (χ4n) is 7.35. The number of rotatable bonds is 3. The van der Waals surface area contributed by atoms with Gasteiger partial charge >= 0.3 is 0 Å². The number of nitrogens with zero attached hydrogens (tertiary/aromatic N) is 4. The maximum Gasteiger partial charge on any atom is 0.235 e. The van der Waals surface area contributed by atoms with Crippen LogP contribution in [0.5, 0.6) is 0 Å². The molecule has 0 unspecified atom stereocenters. The van der Waals surface area contributed by atoms with Crippen molar-refractivity contribution in [3.05, 3.63) is 158 Å². The highest BCUT2D eigenvalue weighted by molar-refractivity contribution is 6.24. The van der Waals surface area contributed by atoms with Crippen LogP contribution in [0.2, 0.25) is 0 Å². The minimum atomic E-state index is 0.672. The fraction of sp³-hybridized carbons (Fsp3) is 0. The lowest BCUT2D eigenvalue weighted by molar-refractivity contribution is 1.01. The molecule has 0 fully saturated rings. The first-order valence-electron chi connectivity index (χ1n) is 15.6. The molecule has 0 spiro atoms. The molecule has 3 heterocycles. The lowest BCUT2D eigenvalue weighted by Crippen LogP contribution is -2.01. The molecule has 0 aliphatic rings. The topological polar surface area (TPSA) is 35.6 Å². The third-order valence-corrected chi connectivity index (χ3v) is 9.35. The Labute approximate surface area is 264 Å². The van der Waals surface area contributed by atoms with Gasteiger partial charge in [0.1, 0.15) is 0 Å². The second-order valence-corrected chi connectivity index (χ2v) is 11.9. The zero-order valence-corrected chi connectivity index (χ0v) is 24.8. The van der Waals surface area contributed by atoms with Gasteiger partial charge in [0.05, 0.1) is 27.6 Å². The molecule has 0 aliphatic carbocycles. The van der Waals surface area contributed by atoms with E-state index in [1.165, 1.54) is 54.5 Å². The molecule has 4 nitrogen and oxygen atoms in total. The van der Waals surface area contributed by atoms with Crippen molar-refractivity contribution in [1.29, 1.82) is 0 Å². The number of hydrogen-bond acceptors (Lipinski definition) is 2. The number of benzene rings is 7. The Kier molecular flexibility index (Phi) is 5.25. The summed E-state index contributed by atoms with van der Waals surface area (Å²) in [7, 11) is 0. The number of hydrogen-bond donors (Lipinski definition) is 0. The Morgan fingerprint density at radius 3 is 1.93 bits per heavy atom. The molecule has 10 rings (SSSR count). The van der Waals surface area contributed by atoms with Crippen molar-refractivity contribution in [2.45, 2.75) is 0 Å². The zero-order valence-electron chi connectivity index (χ0n) is 24.8. The summed E-state index contributed by atoms with van der Waals surface area (Å²) in [5, 5.41) is 8.37. The molecule has 0 N–H and O–H groups in total. The van der Waals surface area contributed by atoms with Gasteiger partial charge < -0.3 is 4.57 Å². The van der Waals surface area contributed by atoms with E-state index in [9.17, 15) is 0 Å². The Balaban J connectivity index is 1.32. The van der Waals surface area contributed by atoms with Crippen molar-refractivity contribution in [3.63, 3.8) is 0 Å². The van der Waals surface area contributed by atoms with E-state index < -0.39 is 0 Å². The van der Waals surface area contributed by atoms with E-state index in [1.54, 1.807) is 0 Å². The van der Waals surface area contributed by atoms with E-state index >= 15 is 0 Å². The van der Waals surface area contributed by atoms with Gasteiger partial charge in [0.2, 0.25) is 5.95 Å². The summed E-state index contributed by atoms with van der Waals surface area (Å²) in [6.45, 7) is 0. The molecule has 0 radical (unpaired) electrons. The molecule has 214 valence electrons. The van der Waals surface area contributed by atoms with Crippen molar-refractivity contribution in [1.82, 2.24) is 19.1 Å². The molecule has 0 saturated carbocycles. The van der Waals surface area contributed by atoms with Crippen LogP contribution in [0.25, 0.3) is 88.0 Å². The zero-order chi connectivity index (χ0) is 30.2. The molecular formula is C42H26N4. The van der Waals surface area contributed by atoms with Crippen LogP contribution >= 0.6 is 0 Å². The van der Waals surface area contributed by atoms with Crippen LogP contribution in [0.1, 0.15) is 0 Å². The predicted molar refractivity (Wildman–Crippen MR) is 191 cm³/mol. The van der Waals surface area contributed by atoms with Gasteiger partial charge in [0.15, 0.2) is 0 Å². The number of aromatic nitrogens is 4. The molecule has 3 aromatic heterocycles. The lowest BCUT2D eigenvalue weighted by atomic mass is 9.94. The molecule has 10 aromatic rings. The molecule has 0 amide bonds. The minimum Gasteiger partial charge on any atom is -0.309 e. The molecule has 0 atom stereocenters. The van der Waals surface area contributed by atoms with Gasteiger partial charge in [0, 0.05) is 38.8 Å². The van der Waals surface area contributed by atoms with Gasteiger partial charge in [-0.2, -0.15) is 0 Å². The van der Waals surface area contributed by atoms with Gasteiger partial charge in [-0.05, 0) is 64.4 Å². The SMILES string of the molecule is c1ccc(-n2c3ccccc3c3ccc(-c4cc5c(c6ccccc46)c4ccccc4n5-c4ncc5ccccc5n4)cc32)cc1. The maximum atomic E-state index is 5.06. The van der Waals surface area contributed by atoms with Crippen LogP contribution in [-0.4, -0.2) is 19.1 Å². The smallest absolute Gasteiger partial charge is 0.235 e. The summed E-state index contributed by atoms with van der Waals surface area (Å²) in [5.74, 6) is 0.672. The van der Waals surface area contributed by atoms with Crippen molar-refractivity contribution in [2.24, 2.45) is 0 Å². The lowest BCUT2D eigenvalue weighted by Gasteiger charge is -2.13. The van der Waals surface area contributed by atoms with Crippen LogP contribution in [0.4, 0.5) is 0 Å². The summed E-state index contributed by atoms with van der Waals surface area (Å²) < 4.78 is 4.61. The Morgan fingerprint density at radius 1 is 0.435 bits per heavy atom. The first kappa shape index (κ1) is 25.1. The second-order valence-electron chi connectivity index (χ2n) is 11.9. The van der Waals surface area contributed by atoms with Gasteiger partial charge in [-0.25, -0.2) is 9.97 Å². The van der Waals surface area contributed by atoms with E-state index in [0.29, 0.717) is 5.95 Å². The average Bonchev–Trinajstić information content (AvgIpc) is 3.64. The average molecular weight is 587 g/mol. The highest BCUT2D eigenvalue weighted by atomic mass is 15.2. The van der Waals surface area contributed by atoms with Crippen molar-refractivity contribution in [3.8, 4) is 22.8 Å². The molecule has 46 heavy (non-hydrogen) atoms. The van der Waals surface area contributed by atoms with Gasteiger partial charge in [0.25, 0.3) is 0 Å². The molecule has 0 bridgehead atoms. The van der Waals surface area contributed by atoms with Gasteiger partial charge in [-0.3, -0.25) is 4.57 Å². The normalized spacial score (nSPS) is 11.9. The molecular weight excluding hydrogens is 560 g/mol. The molecule has 0 aliphatic heterocycles. The first-order valence-corrected chi connectivity index (χ1v) is 15.6. The van der Waals surface area contributed by atoms with E-state index in [2.05, 4.69) is 149 Å². The fourth-order valence-corrected chi connectivity index (χ4v) is 7.35. The molecule has 4 heteroatoms. The van der Waals surface area contributed by atoms with Crippen LogP contribution < -0.4 is 0 Å². The Bertz CT molecular complexity index is 2810. The summed E-state index contributed by atoms with van der Waals surface area (Å²) in [6, 6.07) is 54.1. The van der Waals surface area contributed by atoms with E-state index in [-0.39, 0.29) is 0 Å². The summed E-state index contributed by atoms with van der Waals surface area (Å²) in [4.78, 5) is 9.95. The quantitative estimate of drug-likeness (QED) is 0.206. The molecule has 0 saturated heterocycles. The minimum absolute atomic E-state index is 0.672. The maximum absolute atomic E-state index is 5.06. The van der Waals surface area contributed by atoms with Crippen LogP contribution in [-0.2, 0) is 0 Å². The predicted octanol–water partition coefficient (Wildman–Crippen LogP) is 10.6. The summed E-state index contributed by atoms with van der Waals surface area (Å²) in [5.41, 5.74) is 9.01.